The third-order valence-corrected chi connectivity index (χ3v) is 2.04. The highest BCUT2D eigenvalue weighted by Crippen LogP contribution is 2.27. The molecule has 1 nitrogen and oxygen atoms in total. The van der Waals surface area contributed by atoms with Crippen LogP contribution in [-0.4, -0.2) is 4.98 Å². The van der Waals surface area contributed by atoms with Crippen LogP contribution < -0.4 is 0 Å². The third-order valence-electron chi connectivity index (χ3n) is 1.11. The van der Waals surface area contributed by atoms with Crippen LogP contribution in [0.1, 0.15) is 12.1 Å². The number of nitrogens with zero attached hydrogens (tertiary/aromatic N) is 1. The third kappa shape index (κ3) is 2.01. The highest BCUT2D eigenvalue weighted by Gasteiger charge is 2.17. The van der Waals surface area contributed by atoms with Crippen molar-refractivity contribution in [3.8, 4) is 0 Å². The van der Waals surface area contributed by atoms with Gasteiger partial charge in [-0.15, -0.1) is 0 Å². The summed E-state index contributed by atoms with van der Waals surface area (Å²) in [7, 11) is 0. The molecule has 12 heavy (non-hydrogen) atoms. The van der Waals surface area contributed by atoms with Gasteiger partial charge >= 0.3 is 0 Å². The molecule has 0 atom stereocenters. The molecule has 0 saturated heterocycles. The summed E-state index contributed by atoms with van der Waals surface area (Å²) in [6.07, 6.45) is -2.85. The minimum Gasteiger partial charge on any atom is -0.239 e. The Morgan fingerprint density at radius 1 is 1.50 bits per heavy atom. The molecule has 1 aromatic rings. The van der Waals surface area contributed by atoms with Crippen LogP contribution in [-0.2, 0) is 0 Å². The van der Waals surface area contributed by atoms with Gasteiger partial charge in [0.05, 0.1) is 0 Å². The minimum absolute atomic E-state index is 0.157. The zero-order valence-corrected chi connectivity index (χ0v) is 8.41. The number of pyridine rings is 1. The van der Waals surface area contributed by atoms with Crippen molar-refractivity contribution in [3.05, 3.63) is 26.3 Å². The van der Waals surface area contributed by atoms with E-state index < -0.39 is 23.0 Å². The Bertz CT molecular complexity index is 305. The van der Waals surface area contributed by atoms with Crippen molar-refractivity contribution in [3.63, 3.8) is 0 Å². The van der Waals surface area contributed by atoms with Crippen LogP contribution in [0, 0.1) is 9.52 Å². The van der Waals surface area contributed by atoms with Crippen molar-refractivity contribution >= 4 is 34.2 Å². The maximum absolute atomic E-state index is 12.7. The molecule has 1 rings (SSSR count). The van der Waals surface area contributed by atoms with E-state index in [1.807, 2.05) is 0 Å². The van der Waals surface area contributed by atoms with Gasteiger partial charge in [-0.2, -0.15) is 0 Å². The molecule has 0 unspecified atom stereocenters. The molecule has 0 amide bonds. The van der Waals surface area contributed by atoms with E-state index in [4.69, 9.17) is 11.6 Å². The number of halogens is 5. The lowest BCUT2D eigenvalue weighted by Gasteiger charge is -2.02. The van der Waals surface area contributed by atoms with Crippen LogP contribution in [0.2, 0.25) is 5.02 Å². The first-order valence-electron chi connectivity index (χ1n) is 2.82. The van der Waals surface area contributed by atoms with Gasteiger partial charge in [-0.3, -0.25) is 0 Å². The van der Waals surface area contributed by atoms with E-state index in [1.54, 1.807) is 22.6 Å². The molecule has 0 saturated carbocycles. The van der Waals surface area contributed by atoms with E-state index in [2.05, 4.69) is 4.98 Å². The van der Waals surface area contributed by atoms with Crippen LogP contribution in [0.5, 0.6) is 0 Å². The molecule has 0 spiro atoms. The molecule has 0 aliphatic carbocycles. The number of rotatable bonds is 1. The van der Waals surface area contributed by atoms with Gasteiger partial charge < -0.3 is 0 Å². The van der Waals surface area contributed by atoms with Gasteiger partial charge in [0.25, 0.3) is 6.43 Å². The summed E-state index contributed by atoms with van der Waals surface area (Å²) in [5.41, 5.74) is -0.707. The molecule has 0 aliphatic rings. The Labute approximate surface area is 85.1 Å². The predicted octanol–water partition coefficient (Wildman–Crippen LogP) is 3.42. The first kappa shape index (κ1) is 10.0. The molecule has 0 N–H and O–H groups in total. The topological polar surface area (TPSA) is 12.9 Å². The van der Waals surface area contributed by atoms with Gasteiger partial charge in [-0.05, 0) is 22.6 Å². The highest BCUT2D eigenvalue weighted by atomic mass is 127. The van der Waals surface area contributed by atoms with Crippen molar-refractivity contribution in [2.75, 3.05) is 0 Å². The summed E-state index contributed by atoms with van der Waals surface area (Å²) in [4.78, 5) is 3.40. The van der Waals surface area contributed by atoms with Crippen LogP contribution in [0.15, 0.2) is 6.07 Å². The Kier molecular flexibility index (Phi) is 3.16. The van der Waals surface area contributed by atoms with Gasteiger partial charge in [-0.25, -0.2) is 18.2 Å². The quantitative estimate of drug-likeness (QED) is 0.572. The number of aromatic nitrogens is 1. The average molecular weight is 307 g/mol. The summed E-state index contributed by atoms with van der Waals surface area (Å²) in [5, 5.41) is -0.606. The molecular formula is C6H2ClF3IN. The summed E-state index contributed by atoms with van der Waals surface area (Å²) in [6.45, 7) is 0. The fourth-order valence-corrected chi connectivity index (χ4v) is 1.34. The van der Waals surface area contributed by atoms with Gasteiger partial charge in [0.2, 0.25) is 0 Å². The lowest BCUT2D eigenvalue weighted by atomic mass is 10.3. The monoisotopic (exact) mass is 307 g/mol. The van der Waals surface area contributed by atoms with Crippen molar-refractivity contribution < 1.29 is 13.2 Å². The molecule has 0 aliphatic heterocycles. The first-order chi connectivity index (χ1) is 5.52. The second-order valence-corrected chi connectivity index (χ2v) is 3.41. The van der Waals surface area contributed by atoms with E-state index in [1.165, 1.54) is 0 Å². The Morgan fingerprint density at radius 3 is 2.58 bits per heavy atom. The Hall–Kier alpha value is -0.0400. The maximum Gasteiger partial charge on any atom is 0.281 e. The normalized spacial score (nSPS) is 10.8. The zero-order valence-electron chi connectivity index (χ0n) is 5.49. The summed E-state index contributed by atoms with van der Waals surface area (Å²) < 4.78 is 37.0. The van der Waals surface area contributed by atoms with Crippen LogP contribution in [0.3, 0.4) is 0 Å². The zero-order chi connectivity index (χ0) is 9.30. The van der Waals surface area contributed by atoms with Crippen molar-refractivity contribution in [1.29, 1.82) is 0 Å². The average Bonchev–Trinajstić information content (AvgIpc) is 1.96. The Morgan fingerprint density at radius 2 is 2.08 bits per heavy atom. The molecule has 6 heteroatoms. The number of alkyl halides is 2. The standard InChI is InChI=1S/C6H2ClF3IN/c7-4-2(8)1-3(11)12-5(4)6(9)10/h1,6H. The maximum atomic E-state index is 12.7. The van der Waals surface area contributed by atoms with E-state index in [-0.39, 0.29) is 3.70 Å². The van der Waals surface area contributed by atoms with Crippen molar-refractivity contribution in [1.82, 2.24) is 4.98 Å². The predicted molar refractivity (Wildman–Crippen MR) is 46.9 cm³/mol. The van der Waals surface area contributed by atoms with Crippen molar-refractivity contribution in [2.45, 2.75) is 6.43 Å². The van der Waals surface area contributed by atoms with Gasteiger partial charge in [0.1, 0.15) is 20.2 Å². The molecule has 66 valence electrons. The fourth-order valence-electron chi connectivity index (χ4n) is 0.631. The number of hydrogen-bond donors (Lipinski definition) is 0. The van der Waals surface area contributed by atoms with E-state index >= 15 is 0 Å². The summed E-state index contributed by atoms with van der Waals surface area (Å²) >= 11 is 6.88. The van der Waals surface area contributed by atoms with E-state index in [0.717, 1.165) is 6.07 Å². The summed E-state index contributed by atoms with van der Waals surface area (Å²) in [6, 6.07) is 0.995. The molecule has 1 heterocycles. The Balaban J connectivity index is 3.28. The van der Waals surface area contributed by atoms with E-state index in [9.17, 15) is 13.2 Å². The molecular weight excluding hydrogens is 305 g/mol. The van der Waals surface area contributed by atoms with Gasteiger partial charge in [-0.1, -0.05) is 11.6 Å². The lowest BCUT2D eigenvalue weighted by Crippen LogP contribution is -1.96. The van der Waals surface area contributed by atoms with Gasteiger partial charge in [0.15, 0.2) is 0 Å². The van der Waals surface area contributed by atoms with Crippen LogP contribution >= 0.6 is 34.2 Å². The summed E-state index contributed by atoms with van der Waals surface area (Å²) in [5.74, 6) is -0.869. The van der Waals surface area contributed by atoms with E-state index in [0.29, 0.717) is 0 Å². The smallest absolute Gasteiger partial charge is 0.239 e. The molecule has 0 bridgehead atoms. The first-order valence-corrected chi connectivity index (χ1v) is 4.27. The molecule has 0 fully saturated rings. The lowest BCUT2D eigenvalue weighted by molar-refractivity contribution is 0.145. The second-order valence-electron chi connectivity index (χ2n) is 1.93. The van der Waals surface area contributed by atoms with Gasteiger partial charge in [0, 0.05) is 6.07 Å². The molecule has 0 aromatic carbocycles. The largest absolute Gasteiger partial charge is 0.281 e. The SMILES string of the molecule is Fc1cc(I)nc(C(F)F)c1Cl. The molecule has 1 aromatic heterocycles. The van der Waals surface area contributed by atoms with Crippen LogP contribution in [0.4, 0.5) is 13.2 Å². The van der Waals surface area contributed by atoms with Crippen LogP contribution in [0.25, 0.3) is 0 Å². The van der Waals surface area contributed by atoms with Crippen molar-refractivity contribution in [2.24, 2.45) is 0 Å². The number of hydrogen-bond acceptors (Lipinski definition) is 1. The second kappa shape index (κ2) is 3.78. The molecule has 0 radical (unpaired) electrons. The minimum atomic E-state index is -2.85. The fraction of sp³-hybridized carbons (Fsp3) is 0.167. The highest BCUT2D eigenvalue weighted by molar-refractivity contribution is 14.1.